The summed E-state index contributed by atoms with van der Waals surface area (Å²) in [5.41, 5.74) is -4.13. The zero-order valence-electron chi connectivity index (χ0n) is 28.9. The summed E-state index contributed by atoms with van der Waals surface area (Å²) >= 11 is 0. The van der Waals surface area contributed by atoms with Crippen molar-refractivity contribution >= 4 is 0 Å². The molecule has 0 aliphatic carbocycles. The smallest absolute Gasteiger partial charge is 0.187 e. The number of aliphatic hydroxyl groups is 1. The minimum absolute atomic E-state index is 0.419. The van der Waals surface area contributed by atoms with Gasteiger partial charge in [0.05, 0.1) is 11.2 Å². The molecule has 0 spiro atoms. The van der Waals surface area contributed by atoms with E-state index in [1.165, 1.54) is 64.2 Å². The van der Waals surface area contributed by atoms with Crippen molar-refractivity contribution in [3.63, 3.8) is 0 Å². The van der Waals surface area contributed by atoms with E-state index < -0.39 is 28.0 Å². The maximum Gasteiger partial charge on any atom is 0.187 e. The van der Waals surface area contributed by atoms with Crippen LogP contribution in [0, 0.1) is 23.7 Å². The van der Waals surface area contributed by atoms with E-state index in [-0.39, 0.29) is 0 Å². The molecule has 41 heavy (non-hydrogen) atoms. The van der Waals surface area contributed by atoms with E-state index in [4.69, 9.17) is 19.6 Å². The normalized spacial score (nSPS) is 13.0. The van der Waals surface area contributed by atoms with Gasteiger partial charge in [0, 0.05) is 0 Å². The second-order valence-electron chi connectivity index (χ2n) is 13.9. The monoisotopic (exact) mass is 578 g/mol. The van der Waals surface area contributed by atoms with Gasteiger partial charge in [-0.15, -0.1) is 0 Å². The van der Waals surface area contributed by atoms with Gasteiger partial charge in [-0.05, 0) is 81.1 Å². The van der Waals surface area contributed by atoms with Gasteiger partial charge in [0.2, 0.25) is 0 Å². The maximum atomic E-state index is 11.5. The molecule has 0 bridgehead atoms. The van der Waals surface area contributed by atoms with Crippen LogP contribution < -0.4 is 0 Å². The Labute approximate surface area is 255 Å². The summed E-state index contributed by atoms with van der Waals surface area (Å²) < 4.78 is 0. The Morgan fingerprint density at radius 1 is 0.439 bits per heavy atom. The van der Waals surface area contributed by atoms with Crippen LogP contribution >= 0.6 is 0 Å². The fourth-order valence-corrected chi connectivity index (χ4v) is 3.66. The van der Waals surface area contributed by atoms with Crippen molar-refractivity contribution in [2.24, 2.45) is 0 Å². The first-order chi connectivity index (χ1) is 19.0. The van der Waals surface area contributed by atoms with Gasteiger partial charge in [-0.25, -0.2) is 19.6 Å². The molecule has 0 rings (SSSR count). The predicted octanol–water partition coefficient (Wildman–Crippen LogP) is 10.0. The molecule has 5 nitrogen and oxygen atoms in total. The zero-order chi connectivity index (χ0) is 31.5. The molecule has 5 heteroatoms. The maximum absolute atomic E-state index is 11.5. The van der Waals surface area contributed by atoms with Crippen LogP contribution in [0.4, 0.5) is 0 Å². The highest BCUT2D eigenvalue weighted by atomic mass is 17.2. The van der Waals surface area contributed by atoms with Crippen LogP contribution in [0.25, 0.3) is 0 Å². The molecule has 0 aromatic rings. The first-order valence-corrected chi connectivity index (χ1v) is 16.6. The molecule has 1 N–H and O–H groups in total. The van der Waals surface area contributed by atoms with Crippen molar-refractivity contribution < 1.29 is 24.7 Å². The van der Waals surface area contributed by atoms with Gasteiger partial charge >= 0.3 is 0 Å². The van der Waals surface area contributed by atoms with Crippen LogP contribution in [-0.4, -0.2) is 33.1 Å². The SMILES string of the molecule is CCCCCCCCCCCCCCCC(O)(C#CC(C)(C)OOC(C)(C)CC)C#CC(C)(C)OOC(C)(C)CC. The molecule has 0 aromatic heterocycles. The number of hydrogen-bond donors (Lipinski definition) is 1. The summed E-state index contributed by atoms with van der Waals surface area (Å²) in [6.45, 7) is 21.6. The van der Waals surface area contributed by atoms with E-state index in [1.807, 2.05) is 69.2 Å². The highest BCUT2D eigenvalue weighted by Crippen LogP contribution is 2.23. The molecule has 0 saturated carbocycles. The molecule has 0 atom stereocenters. The van der Waals surface area contributed by atoms with Gasteiger partial charge in [-0.1, -0.05) is 122 Å². The molecule has 0 aromatic carbocycles. The lowest BCUT2D eigenvalue weighted by Gasteiger charge is -2.27. The average Bonchev–Trinajstić information content (AvgIpc) is 2.92. The largest absolute Gasteiger partial charge is 0.367 e. The summed E-state index contributed by atoms with van der Waals surface area (Å²) in [5, 5.41) is 11.5. The molecular formula is C36H66O5. The second kappa shape index (κ2) is 20.0. The van der Waals surface area contributed by atoms with Gasteiger partial charge in [-0.2, -0.15) is 0 Å². The van der Waals surface area contributed by atoms with Crippen LogP contribution in [-0.2, 0) is 19.6 Å². The van der Waals surface area contributed by atoms with Crippen LogP contribution in [0.1, 0.15) is 179 Å². The van der Waals surface area contributed by atoms with Crippen LogP contribution in [0.5, 0.6) is 0 Å². The van der Waals surface area contributed by atoms with Crippen LogP contribution in [0.15, 0.2) is 0 Å². The number of unbranched alkanes of at least 4 members (excludes halogenated alkanes) is 12. The van der Waals surface area contributed by atoms with Gasteiger partial charge in [0.25, 0.3) is 0 Å². The lowest BCUT2D eigenvalue weighted by Crippen LogP contribution is -2.33. The fraction of sp³-hybridized carbons (Fsp3) is 0.889. The third-order valence-corrected chi connectivity index (χ3v) is 7.44. The Balaban J connectivity index is 5.09. The molecule has 0 radical (unpaired) electrons. The predicted molar refractivity (Wildman–Crippen MR) is 172 cm³/mol. The van der Waals surface area contributed by atoms with E-state index in [0.29, 0.717) is 6.42 Å². The zero-order valence-corrected chi connectivity index (χ0v) is 28.9. The summed E-state index contributed by atoms with van der Waals surface area (Å²) in [7, 11) is 0. The lowest BCUT2D eigenvalue weighted by molar-refractivity contribution is -0.388. The lowest BCUT2D eigenvalue weighted by atomic mass is 9.94. The first kappa shape index (κ1) is 39.9. The highest BCUT2D eigenvalue weighted by Gasteiger charge is 2.28. The number of rotatable bonds is 22. The minimum atomic E-state index is -1.49. The van der Waals surface area contributed by atoms with Crippen molar-refractivity contribution in [3.8, 4) is 23.7 Å². The highest BCUT2D eigenvalue weighted by molar-refractivity contribution is 5.33. The minimum Gasteiger partial charge on any atom is -0.367 e. The summed E-state index contributed by atoms with van der Waals surface area (Å²) in [6.07, 6.45) is 18.6. The fourth-order valence-electron chi connectivity index (χ4n) is 3.66. The average molecular weight is 579 g/mol. The van der Waals surface area contributed by atoms with E-state index in [1.54, 1.807) is 0 Å². The molecule has 0 saturated heterocycles. The van der Waals surface area contributed by atoms with Crippen LogP contribution in [0.3, 0.4) is 0 Å². The van der Waals surface area contributed by atoms with Gasteiger partial charge < -0.3 is 5.11 Å². The van der Waals surface area contributed by atoms with Crippen molar-refractivity contribution in [3.05, 3.63) is 0 Å². The second-order valence-corrected chi connectivity index (χ2v) is 13.9. The first-order valence-electron chi connectivity index (χ1n) is 16.6. The molecule has 240 valence electrons. The van der Waals surface area contributed by atoms with Crippen molar-refractivity contribution in [1.29, 1.82) is 0 Å². The number of hydrogen-bond acceptors (Lipinski definition) is 5. The van der Waals surface area contributed by atoms with Crippen molar-refractivity contribution in [1.82, 2.24) is 0 Å². The third-order valence-electron chi connectivity index (χ3n) is 7.44. The summed E-state index contributed by atoms with van der Waals surface area (Å²) in [5.74, 6) is 12.2. The van der Waals surface area contributed by atoms with E-state index >= 15 is 0 Å². The van der Waals surface area contributed by atoms with E-state index in [2.05, 4.69) is 30.6 Å². The van der Waals surface area contributed by atoms with Crippen molar-refractivity contribution in [2.45, 2.75) is 207 Å². The molecule has 0 fully saturated rings. The molecule has 0 unspecified atom stereocenters. The molecule has 0 amide bonds. The Morgan fingerprint density at radius 3 is 1.07 bits per heavy atom. The topological polar surface area (TPSA) is 57.2 Å². The molecule has 0 aliphatic rings. The Morgan fingerprint density at radius 2 is 0.756 bits per heavy atom. The Hall–Kier alpha value is -1.08. The molecule has 0 aliphatic heterocycles. The van der Waals surface area contributed by atoms with Gasteiger partial charge in [0.15, 0.2) is 16.8 Å². The van der Waals surface area contributed by atoms with E-state index in [0.717, 1.165) is 32.1 Å². The van der Waals surface area contributed by atoms with Crippen molar-refractivity contribution in [2.75, 3.05) is 0 Å². The summed E-state index contributed by atoms with van der Waals surface area (Å²) in [4.78, 5) is 22.6. The van der Waals surface area contributed by atoms with Gasteiger partial charge in [0.1, 0.15) is 0 Å². The molecule has 0 heterocycles. The van der Waals surface area contributed by atoms with E-state index in [9.17, 15) is 5.11 Å². The summed E-state index contributed by atoms with van der Waals surface area (Å²) in [6, 6.07) is 0. The Bertz CT molecular complexity index is 753. The Kier molecular flexibility index (Phi) is 19.5. The van der Waals surface area contributed by atoms with Crippen LogP contribution in [0.2, 0.25) is 0 Å². The third kappa shape index (κ3) is 22.2. The standard InChI is InChI=1S/C36H66O5/c1-12-15-16-17-18-19-20-21-22-23-24-25-26-27-36(37,30-28-34(8,9)40-38-32(4,5)13-2)31-29-35(10,11)41-39-33(6,7)14-3/h37H,12-27H2,1-11H3. The quantitative estimate of drug-likeness (QED) is 0.0599. The van der Waals surface area contributed by atoms with Gasteiger partial charge in [-0.3, -0.25) is 0 Å². The molecular weight excluding hydrogens is 512 g/mol.